The molecular weight excluding hydrogens is 382 g/mol. The van der Waals surface area contributed by atoms with Crippen LogP contribution in [0.3, 0.4) is 0 Å². The van der Waals surface area contributed by atoms with E-state index < -0.39 is 0 Å². The molecule has 7 nitrogen and oxygen atoms in total. The molecule has 2 aliphatic rings. The molecular formula is C23H27N3O4. The number of ether oxygens (including phenoxy) is 4. The molecule has 30 heavy (non-hydrogen) atoms. The monoisotopic (exact) mass is 409 g/mol. The van der Waals surface area contributed by atoms with Crippen molar-refractivity contribution in [3.63, 3.8) is 0 Å². The first-order valence-electron chi connectivity index (χ1n) is 10.7. The normalized spacial score (nSPS) is 20.9. The minimum atomic E-state index is -0.0335. The summed E-state index contributed by atoms with van der Waals surface area (Å²) >= 11 is 0. The molecule has 0 spiro atoms. The van der Waals surface area contributed by atoms with E-state index in [0.29, 0.717) is 33.0 Å². The first-order chi connectivity index (χ1) is 14.9. The molecule has 2 aliphatic heterocycles. The third-order valence-electron chi connectivity index (χ3n) is 5.58. The van der Waals surface area contributed by atoms with Crippen LogP contribution in [0.2, 0.25) is 0 Å². The summed E-state index contributed by atoms with van der Waals surface area (Å²) in [6.07, 6.45) is 7.78. The number of hydrogen-bond acceptors (Lipinski definition) is 6. The van der Waals surface area contributed by atoms with E-state index in [1.165, 1.54) is 0 Å². The second-order valence-corrected chi connectivity index (χ2v) is 7.70. The van der Waals surface area contributed by atoms with Gasteiger partial charge in [-0.2, -0.15) is 5.10 Å². The molecule has 0 aliphatic carbocycles. The number of fused-ring (bicyclic) bond motifs is 4. The van der Waals surface area contributed by atoms with E-state index in [4.69, 9.17) is 24.0 Å². The Morgan fingerprint density at radius 3 is 2.70 bits per heavy atom. The Hall–Kier alpha value is -2.48. The van der Waals surface area contributed by atoms with Crippen LogP contribution in [0.5, 0.6) is 5.75 Å². The van der Waals surface area contributed by atoms with Crippen molar-refractivity contribution in [2.24, 2.45) is 0 Å². The molecule has 0 N–H and O–H groups in total. The minimum absolute atomic E-state index is 0.0335. The highest BCUT2D eigenvalue weighted by atomic mass is 16.5. The van der Waals surface area contributed by atoms with Crippen molar-refractivity contribution in [3.8, 4) is 17.0 Å². The molecule has 4 heterocycles. The molecule has 0 saturated carbocycles. The maximum atomic E-state index is 6.04. The summed E-state index contributed by atoms with van der Waals surface area (Å²) in [7, 11) is 0. The largest absolute Gasteiger partial charge is 0.491 e. The van der Waals surface area contributed by atoms with Crippen LogP contribution in [0, 0.1) is 0 Å². The molecule has 1 unspecified atom stereocenters. The van der Waals surface area contributed by atoms with Crippen LogP contribution in [-0.2, 0) is 20.6 Å². The molecule has 4 bridgehead atoms. The summed E-state index contributed by atoms with van der Waals surface area (Å²) < 4.78 is 25.3. The zero-order valence-electron chi connectivity index (χ0n) is 17.1. The Bertz CT molecular complexity index is 997. The van der Waals surface area contributed by atoms with Gasteiger partial charge in [0.2, 0.25) is 0 Å². The topological polar surface area (TPSA) is 67.6 Å². The summed E-state index contributed by atoms with van der Waals surface area (Å²) in [5.41, 5.74) is 4.09. The standard InChI is InChI=1S/C23H27N3O4/c1-2-7-30-22(3-1)26-21-5-4-19-14-20(21)23(25-26)18-13-17(15-24-16-18)6-8-27-9-10-28-11-12-29-19/h4-5,13-16,22H,1-3,6-12H2. The summed E-state index contributed by atoms with van der Waals surface area (Å²) in [5, 5.41) is 6.04. The number of rotatable bonds is 1. The highest BCUT2D eigenvalue weighted by Crippen LogP contribution is 2.34. The summed E-state index contributed by atoms with van der Waals surface area (Å²) in [4.78, 5) is 4.47. The number of aromatic nitrogens is 3. The van der Waals surface area contributed by atoms with E-state index in [-0.39, 0.29) is 6.23 Å². The van der Waals surface area contributed by atoms with Crippen LogP contribution in [0.1, 0.15) is 31.1 Å². The van der Waals surface area contributed by atoms with Crippen LogP contribution in [0.25, 0.3) is 22.2 Å². The lowest BCUT2D eigenvalue weighted by Gasteiger charge is -2.23. The van der Waals surface area contributed by atoms with Gasteiger partial charge in [0.15, 0.2) is 6.23 Å². The third kappa shape index (κ3) is 4.19. The smallest absolute Gasteiger partial charge is 0.150 e. The average Bonchev–Trinajstić information content (AvgIpc) is 3.17. The predicted octanol–water partition coefficient (Wildman–Crippen LogP) is 3.77. The fourth-order valence-corrected chi connectivity index (χ4v) is 4.04. The molecule has 1 aromatic carbocycles. The highest BCUT2D eigenvalue weighted by Gasteiger charge is 2.22. The van der Waals surface area contributed by atoms with Gasteiger partial charge in [-0.15, -0.1) is 0 Å². The Labute approximate surface area is 175 Å². The quantitative estimate of drug-likeness (QED) is 0.610. The maximum Gasteiger partial charge on any atom is 0.150 e. The molecule has 7 heteroatoms. The molecule has 2 aromatic heterocycles. The fraction of sp³-hybridized carbons (Fsp3) is 0.478. The zero-order chi connectivity index (χ0) is 20.2. The van der Waals surface area contributed by atoms with Gasteiger partial charge in [0, 0.05) is 30.0 Å². The van der Waals surface area contributed by atoms with Crippen molar-refractivity contribution in [1.29, 1.82) is 0 Å². The summed E-state index contributed by atoms with van der Waals surface area (Å²) in [6, 6.07) is 8.29. The van der Waals surface area contributed by atoms with Crippen LogP contribution < -0.4 is 4.74 Å². The van der Waals surface area contributed by atoms with Gasteiger partial charge in [-0.05, 0) is 55.5 Å². The number of pyridine rings is 1. The Morgan fingerprint density at radius 1 is 0.900 bits per heavy atom. The zero-order valence-corrected chi connectivity index (χ0v) is 17.1. The van der Waals surface area contributed by atoms with Crippen LogP contribution in [0.4, 0.5) is 0 Å². The fourth-order valence-electron chi connectivity index (χ4n) is 4.04. The van der Waals surface area contributed by atoms with Crippen LogP contribution >= 0.6 is 0 Å². The van der Waals surface area contributed by atoms with E-state index in [1.54, 1.807) is 0 Å². The van der Waals surface area contributed by atoms with Gasteiger partial charge < -0.3 is 18.9 Å². The number of hydrogen-bond donors (Lipinski definition) is 0. The van der Waals surface area contributed by atoms with E-state index in [2.05, 4.69) is 23.2 Å². The van der Waals surface area contributed by atoms with E-state index >= 15 is 0 Å². The summed E-state index contributed by atoms with van der Waals surface area (Å²) in [6.45, 7) is 3.60. The molecule has 3 aromatic rings. The van der Waals surface area contributed by atoms with E-state index in [1.807, 2.05) is 23.1 Å². The van der Waals surface area contributed by atoms with Gasteiger partial charge in [0.1, 0.15) is 18.1 Å². The van der Waals surface area contributed by atoms with Gasteiger partial charge in [-0.3, -0.25) is 4.98 Å². The third-order valence-corrected chi connectivity index (χ3v) is 5.58. The SMILES string of the molecule is c1ncc2cc1CCOCCOCCOc1ccc3c(c1)c-2nn3C1CCCCO1. The lowest BCUT2D eigenvalue weighted by atomic mass is 10.1. The predicted molar refractivity (Wildman–Crippen MR) is 113 cm³/mol. The average molecular weight is 409 g/mol. The van der Waals surface area contributed by atoms with Crippen LogP contribution in [-0.4, -0.2) is 54.4 Å². The first kappa shape index (κ1) is 19.5. The minimum Gasteiger partial charge on any atom is -0.491 e. The Morgan fingerprint density at radius 2 is 1.80 bits per heavy atom. The van der Waals surface area contributed by atoms with Crippen LogP contribution in [0.15, 0.2) is 36.7 Å². The first-order valence-corrected chi connectivity index (χ1v) is 10.7. The Balaban J connectivity index is 1.59. The van der Waals surface area contributed by atoms with Crippen molar-refractivity contribution in [3.05, 3.63) is 42.2 Å². The molecule has 5 rings (SSSR count). The molecule has 158 valence electrons. The second-order valence-electron chi connectivity index (χ2n) is 7.70. The van der Waals surface area contributed by atoms with Crippen molar-refractivity contribution in [2.75, 3.05) is 39.6 Å². The Kier molecular flexibility index (Phi) is 5.92. The van der Waals surface area contributed by atoms with Gasteiger partial charge in [-0.25, -0.2) is 4.68 Å². The molecule has 0 amide bonds. The van der Waals surface area contributed by atoms with Gasteiger partial charge in [0.05, 0.1) is 31.9 Å². The lowest BCUT2D eigenvalue weighted by molar-refractivity contribution is -0.0365. The van der Waals surface area contributed by atoms with Crippen molar-refractivity contribution < 1.29 is 18.9 Å². The maximum absolute atomic E-state index is 6.04. The highest BCUT2D eigenvalue weighted by molar-refractivity contribution is 5.94. The molecule has 1 fully saturated rings. The van der Waals surface area contributed by atoms with Gasteiger partial charge in [0.25, 0.3) is 0 Å². The van der Waals surface area contributed by atoms with E-state index in [9.17, 15) is 0 Å². The summed E-state index contributed by atoms with van der Waals surface area (Å²) in [5.74, 6) is 0.809. The van der Waals surface area contributed by atoms with Gasteiger partial charge >= 0.3 is 0 Å². The van der Waals surface area contributed by atoms with Crippen molar-refractivity contribution in [2.45, 2.75) is 31.9 Å². The number of nitrogens with zero attached hydrogens (tertiary/aromatic N) is 3. The lowest BCUT2D eigenvalue weighted by Crippen LogP contribution is -2.19. The molecule has 0 radical (unpaired) electrons. The van der Waals surface area contributed by atoms with E-state index in [0.717, 1.165) is 65.8 Å². The van der Waals surface area contributed by atoms with Crippen molar-refractivity contribution >= 4 is 10.9 Å². The van der Waals surface area contributed by atoms with Gasteiger partial charge in [-0.1, -0.05) is 0 Å². The van der Waals surface area contributed by atoms with Crippen molar-refractivity contribution in [1.82, 2.24) is 14.8 Å². The number of benzene rings is 1. The second kappa shape index (κ2) is 9.12. The molecule has 1 saturated heterocycles. The molecule has 1 atom stereocenters.